The lowest BCUT2D eigenvalue weighted by atomic mass is 10.1. The largest absolute Gasteiger partial charge is 0.382 e. The van der Waals surface area contributed by atoms with Crippen molar-refractivity contribution in [1.82, 2.24) is 20.1 Å². The van der Waals surface area contributed by atoms with Crippen molar-refractivity contribution < 1.29 is 4.79 Å². The Kier molecular flexibility index (Phi) is 5.63. The lowest BCUT2D eigenvalue weighted by Crippen LogP contribution is -2.29. The molecule has 0 aliphatic carbocycles. The quantitative estimate of drug-likeness (QED) is 0.444. The van der Waals surface area contributed by atoms with Crippen molar-refractivity contribution in [2.75, 3.05) is 11.1 Å². The smallest absolute Gasteiger partial charge is 0.319 e. The molecular weight excluding hydrogens is 400 g/mol. The first-order valence-electron chi connectivity index (χ1n) is 9.27. The Bertz CT molecular complexity index is 1160. The summed E-state index contributed by atoms with van der Waals surface area (Å²) in [5.74, 6) is 0.273. The molecule has 2 heterocycles. The Morgan fingerprint density at radius 3 is 2.47 bits per heavy atom. The molecule has 0 aliphatic heterocycles. The predicted molar refractivity (Wildman–Crippen MR) is 119 cm³/mol. The predicted octanol–water partition coefficient (Wildman–Crippen LogP) is 4.49. The van der Waals surface area contributed by atoms with E-state index in [2.05, 4.69) is 20.7 Å². The summed E-state index contributed by atoms with van der Waals surface area (Å²) in [4.78, 5) is 16.8. The summed E-state index contributed by atoms with van der Waals surface area (Å²) in [7, 11) is 0. The third-order valence-corrected chi connectivity index (χ3v) is 4.76. The van der Waals surface area contributed by atoms with Gasteiger partial charge in [0.05, 0.1) is 22.9 Å². The maximum atomic E-state index is 12.6. The van der Waals surface area contributed by atoms with Gasteiger partial charge in [-0.25, -0.2) is 9.48 Å². The number of carbonyl (C=O) groups is 1. The number of nitrogen functional groups attached to an aromatic ring is 1. The molecule has 0 fully saturated rings. The molecule has 0 unspecified atom stereocenters. The number of nitrogens with one attached hydrogen (secondary N) is 2. The second-order valence-electron chi connectivity index (χ2n) is 6.47. The summed E-state index contributed by atoms with van der Waals surface area (Å²) in [6, 6.07) is 21.8. The number of pyridine rings is 1. The maximum absolute atomic E-state index is 12.6. The van der Waals surface area contributed by atoms with Crippen molar-refractivity contribution in [2.45, 2.75) is 6.54 Å². The van der Waals surface area contributed by atoms with Crippen LogP contribution in [0.25, 0.3) is 16.9 Å². The maximum Gasteiger partial charge on any atom is 0.319 e. The fourth-order valence-electron chi connectivity index (χ4n) is 2.99. The first kappa shape index (κ1) is 19.5. The van der Waals surface area contributed by atoms with Gasteiger partial charge in [0.2, 0.25) is 0 Å². The summed E-state index contributed by atoms with van der Waals surface area (Å²) < 4.78 is 1.53. The van der Waals surface area contributed by atoms with Gasteiger partial charge in [0, 0.05) is 11.8 Å². The van der Waals surface area contributed by atoms with Crippen molar-refractivity contribution in [3.8, 4) is 16.9 Å². The van der Waals surface area contributed by atoms with Crippen LogP contribution in [0.15, 0.2) is 79.0 Å². The van der Waals surface area contributed by atoms with Crippen LogP contribution in [-0.4, -0.2) is 20.8 Å². The summed E-state index contributed by atoms with van der Waals surface area (Å²) in [6.45, 7) is 0.284. The highest BCUT2D eigenvalue weighted by molar-refractivity contribution is 6.32. The minimum absolute atomic E-state index is 0.273. The van der Waals surface area contributed by atoms with Gasteiger partial charge < -0.3 is 16.4 Å². The lowest BCUT2D eigenvalue weighted by molar-refractivity contribution is 0.251. The molecule has 2 amide bonds. The highest BCUT2D eigenvalue weighted by Crippen LogP contribution is 2.35. The van der Waals surface area contributed by atoms with E-state index >= 15 is 0 Å². The van der Waals surface area contributed by atoms with Gasteiger partial charge in [-0.1, -0.05) is 60.1 Å². The molecule has 0 radical (unpaired) electrons. The average molecular weight is 419 g/mol. The van der Waals surface area contributed by atoms with Crippen LogP contribution in [0.5, 0.6) is 0 Å². The number of amides is 2. The van der Waals surface area contributed by atoms with Crippen molar-refractivity contribution in [3.63, 3.8) is 0 Å². The summed E-state index contributed by atoms with van der Waals surface area (Å²) in [5, 5.41) is 10.7. The molecule has 30 heavy (non-hydrogen) atoms. The van der Waals surface area contributed by atoms with Gasteiger partial charge in [0.25, 0.3) is 0 Å². The minimum Gasteiger partial charge on any atom is -0.382 e. The average Bonchev–Trinajstić information content (AvgIpc) is 3.10. The molecule has 2 aromatic carbocycles. The van der Waals surface area contributed by atoms with Crippen LogP contribution >= 0.6 is 11.6 Å². The Balaban J connectivity index is 1.67. The number of para-hydroxylation sites is 1. The Morgan fingerprint density at radius 2 is 1.73 bits per heavy atom. The second kappa shape index (κ2) is 8.67. The van der Waals surface area contributed by atoms with E-state index < -0.39 is 6.03 Å². The van der Waals surface area contributed by atoms with E-state index in [1.165, 1.54) is 4.68 Å². The molecule has 150 valence electrons. The van der Waals surface area contributed by atoms with Crippen molar-refractivity contribution in [1.29, 1.82) is 0 Å². The summed E-state index contributed by atoms with van der Waals surface area (Å²) in [6.07, 6.45) is 1.67. The normalized spacial score (nSPS) is 10.6. The fraction of sp³-hybridized carbons (Fsp3) is 0.0455. The number of anilines is 2. The van der Waals surface area contributed by atoms with Gasteiger partial charge in [-0.05, 0) is 24.3 Å². The third-order valence-electron chi connectivity index (χ3n) is 4.44. The van der Waals surface area contributed by atoms with E-state index in [-0.39, 0.29) is 12.4 Å². The molecular formula is C22H19ClN6O. The van der Waals surface area contributed by atoms with Crippen molar-refractivity contribution in [2.24, 2.45) is 0 Å². The van der Waals surface area contributed by atoms with Crippen LogP contribution in [0.2, 0.25) is 5.02 Å². The van der Waals surface area contributed by atoms with Gasteiger partial charge in [-0.3, -0.25) is 4.98 Å². The Morgan fingerprint density at radius 1 is 1.00 bits per heavy atom. The molecule has 8 heteroatoms. The number of hydrogen-bond acceptors (Lipinski definition) is 4. The van der Waals surface area contributed by atoms with Gasteiger partial charge in [-0.2, -0.15) is 5.10 Å². The molecule has 4 rings (SSSR count). The fourth-order valence-corrected chi connectivity index (χ4v) is 3.21. The number of benzene rings is 2. The molecule has 0 atom stereocenters. The second-order valence-corrected chi connectivity index (χ2v) is 6.87. The SMILES string of the molecule is Nc1c(NC(=O)NCc2ccccn2)c(-c2ccccc2)nn1-c1ccccc1Cl. The molecule has 2 aromatic heterocycles. The molecule has 0 spiro atoms. The van der Waals surface area contributed by atoms with E-state index in [0.29, 0.717) is 22.1 Å². The zero-order valence-electron chi connectivity index (χ0n) is 15.9. The van der Waals surface area contributed by atoms with Crippen LogP contribution in [0.1, 0.15) is 5.69 Å². The standard InChI is InChI=1S/C22H19ClN6O/c23-17-11-4-5-12-18(17)29-21(24)20(19(28-29)15-8-2-1-3-9-15)27-22(30)26-14-16-10-6-7-13-25-16/h1-13H,14,24H2,(H2,26,27,30). The highest BCUT2D eigenvalue weighted by Gasteiger charge is 2.21. The number of aromatic nitrogens is 3. The van der Waals surface area contributed by atoms with Crippen LogP contribution < -0.4 is 16.4 Å². The number of hydrogen-bond donors (Lipinski definition) is 3. The molecule has 0 saturated heterocycles. The molecule has 4 aromatic rings. The molecule has 7 nitrogen and oxygen atoms in total. The lowest BCUT2D eigenvalue weighted by Gasteiger charge is -2.09. The van der Waals surface area contributed by atoms with Crippen LogP contribution in [0, 0.1) is 0 Å². The molecule has 0 aliphatic rings. The number of nitrogens with zero attached hydrogens (tertiary/aromatic N) is 3. The number of halogens is 1. The van der Waals surface area contributed by atoms with Gasteiger partial charge in [0.15, 0.2) is 5.82 Å². The van der Waals surface area contributed by atoms with Crippen molar-refractivity contribution in [3.05, 3.63) is 89.7 Å². The number of nitrogens with two attached hydrogens (primary N) is 1. The van der Waals surface area contributed by atoms with Gasteiger partial charge in [0.1, 0.15) is 11.4 Å². The third kappa shape index (κ3) is 4.11. The zero-order valence-corrected chi connectivity index (χ0v) is 16.7. The first-order valence-corrected chi connectivity index (χ1v) is 9.65. The Labute approximate surface area is 178 Å². The monoisotopic (exact) mass is 418 g/mol. The van der Waals surface area contributed by atoms with E-state index in [4.69, 9.17) is 17.3 Å². The molecule has 4 N–H and O–H groups in total. The van der Waals surface area contributed by atoms with Crippen LogP contribution in [0.3, 0.4) is 0 Å². The van der Waals surface area contributed by atoms with Crippen LogP contribution in [0.4, 0.5) is 16.3 Å². The number of carbonyl (C=O) groups excluding carboxylic acids is 1. The minimum atomic E-state index is -0.414. The van der Waals surface area contributed by atoms with Gasteiger partial charge in [-0.15, -0.1) is 0 Å². The van der Waals surface area contributed by atoms with Crippen LogP contribution in [-0.2, 0) is 6.54 Å². The van der Waals surface area contributed by atoms with E-state index in [1.54, 1.807) is 12.3 Å². The summed E-state index contributed by atoms with van der Waals surface area (Å²) >= 11 is 6.34. The number of rotatable bonds is 5. The number of urea groups is 1. The first-order chi connectivity index (χ1) is 14.6. The zero-order chi connectivity index (χ0) is 20.9. The molecule has 0 saturated carbocycles. The highest BCUT2D eigenvalue weighted by atomic mass is 35.5. The van der Waals surface area contributed by atoms with Crippen molar-refractivity contribution >= 4 is 29.1 Å². The Hall–Kier alpha value is -3.84. The van der Waals surface area contributed by atoms with E-state index in [9.17, 15) is 4.79 Å². The summed E-state index contributed by atoms with van der Waals surface area (Å²) in [5.41, 5.74) is 9.51. The molecule has 0 bridgehead atoms. The van der Waals surface area contributed by atoms with E-state index in [0.717, 1.165) is 11.3 Å². The van der Waals surface area contributed by atoms with Gasteiger partial charge >= 0.3 is 6.03 Å². The van der Waals surface area contributed by atoms with E-state index in [1.807, 2.05) is 66.7 Å². The topological polar surface area (TPSA) is 97.9 Å².